The largest absolute Gasteiger partial charge is 0.356 e. The predicted octanol–water partition coefficient (Wildman–Crippen LogP) is 1.60. The van der Waals surface area contributed by atoms with Crippen LogP contribution in [0.2, 0.25) is 0 Å². The van der Waals surface area contributed by atoms with Crippen molar-refractivity contribution in [2.24, 2.45) is 5.92 Å². The molecule has 2 rings (SSSR count). The summed E-state index contributed by atoms with van der Waals surface area (Å²) in [5, 5.41) is 2.86. The van der Waals surface area contributed by atoms with Crippen LogP contribution in [-0.4, -0.2) is 36.9 Å². The van der Waals surface area contributed by atoms with Gasteiger partial charge in [-0.3, -0.25) is 4.79 Å². The van der Waals surface area contributed by atoms with Crippen LogP contribution in [0.15, 0.2) is 24.5 Å². The lowest BCUT2D eigenvalue weighted by atomic mass is 10.1. The molecular formula is C15H24N2O3S. The van der Waals surface area contributed by atoms with E-state index in [2.05, 4.69) is 9.88 Å². The Morgan fingerprint density at radius 1 is 1.19 bits per heavy atom. The highest BCUT2D eigenvalue weighted by Crippen LogP contribution is 2.17. The lowest BCUT2D eigenvalue weighted by Crippen LogP contribution is -2.29. The number of rotatable bonds is 8. The van der Waals surface area contributed by atoms with E-state index in [1.54, 1.807) is 0 Å². The van der Waals surface area contributed by atoms with Crippen LogP contribution in [0.5, 0.6) is 0 Å². The van der Waals surface area contributed by atoms with Crippen molar-refractivity contribution in [2.45, 2.75) is 38.6 Å². The zero-order valence-electron chi connectivity index (χ0n) is 12.3. The number of hydrogen-bond acceptors (Lipinski definition) is 3. The smallest absolute Gasteiger partial charge is 0.220 e. The van der Waals surface area contributed by atoms with Crippen molar-refractivity contribution in [2.75, 3.05) is 18.1 Å². The van der Waals surface area contributed by atoms with Crippen LogP contribution in [0.1, 0.15) is 32.1 Å². The number of unbranched alkanes of at least 4 members (excludes halogenated alkanes) is 2. The zero-order valence-corrected chi connectivity index (χ0v) is 13.1. The van der Waals surface area contributed by atoms with Crippen molar-refractivity contribution in [3.8, 4) is 0 Å². The Labute approximate surface area is 126 Å². The number of amides is 1. The molecule has 1 aromatic rings. The minimum absolute atomic E-state index is 0.0419. The van der Waals surface area contributed by atoms with E-state index in [-0.39, 0.29) is 23.3 Å². The third-order valence-corrected chi connectivity index (χ3v) is 5.74. The van der Waals surface area contributed by atoms with Crippen molar-refractivity contribution >= 4 is 15.7 Å². The minimum atomic E-state index is -2.84. The molecule has 1 amide bonds. The molecule has 1 saturated heterocycles. The molecule has 0 saturated carbocycles. The molecule has 1 fully saturated rings. The summed E-state index contributed by atoms with van der Waals surface area (Å²) in [5.74, 6) is 0.643. The van der Waals surface area contributed by atoms with Crippen LogP contribution < -0.4 is 5.32 Å². The highest BCUT2D eigenvalue weighted by atomic mass is 32.2. The molecule has 5 nitrogen and oxygen atoms in total. The number of hydrogen-bond donors (Lipinski definition) is 1. The summed E-state index contributed by atoms with van der Waals surface area (Å²) in [5.41, 5.74) is 0. The molecule has 0 radical (unpaired) electrons. The van der Waals surface area contributed by atoms with E-state index >= 15 is 0 Å². The van der Waals surface area contributed by atoms with Gasteiger partial charge in [0.15, 0.2) is 9.84 Å². The summed E-state index contributed by atoms with van der Waals surface area (Å²) in [7, 11) is -2.84. The first kappa shape index (κ1) is 16.1. The average molecular weight is 312 g/mol. The maximum Gasteiger partial charge on any atom is 0.220 e. The van der Waals surface area contributed by atoms with Gasteiger partial charge in [0.2, 0.25) is 5.91 Å². The van der Waals surface area contributed by atoms with Crippen molar-refractivity contribution in [1.82, 2.24) is 9.88 Å². The summed E-state index contributed by atoms with van der Waals surface area (Å²) in [4.78, 5) is 11.7. The quantitative estimate of drug-likeness (QED) is 0.741. The van der Waals surface area contributed by atoms with E-state index in [1.165, 1.54) is 0 Å². The maximum absolute atomic E-state index is 11.7. The van der Waals surface area contributed by atoms with Gasteiger partial charge in [0.25, 0.3) is 0 Å². The third-order valence-electron chi connectivity index (χ3n) is 3.90. The van der Waals surface area contributed by atoms with Crippen molar-refractivity contribution < 1.29 is 13.2 Å². The zero-order chi connectivity index (χ0) is 15.1. The van der Waals surface area contributed by atoms with Gasteiger partial charge in [0, 0.05) is 31.9 Å². The van der Waals surface area contributed by atoms with Crippen LogP contribution in [0, 0.1) is 5.92 Å². The molecule has 118 valence electrons. The molecule has 2 heterocycles. The fourth-order valence-electron chi connectivity index (χ4n) is 2.66. The second kappa shape index (κ2) is 7.64. The van der Waals surface area contributed by atoms with E-state index in [0.717, 1.165) is 25.8 Å². The number of carbonyl (C=O) groups excluding carboxylic acids is 1. The molecule has 1 aliphatic heterocycles. The van der Waals surface area contributed by atoms with Crippen LogP contribution >= 0.6 is 0 Å². The molecule has 1 N–H and O–H groups in total. The monoisotopic (exact) mass is 312 g/mol. The van der Waals surface area contributed by atoms with Crippen LogP contribution in [-0.2, 0) is 21.2 Å². The van der Waals surface area contributed by atoms with E-state index in [4.69, 9.17) is 0 Å². The molecule has 21 heavy (non-hydrogen) atoms. The molecule has 0 bridgehead atoms. The van der Waals surface area contributed by atoms with Gasteiger partial charge in [-0.1, -0.05) is 6.42 Å². The van der Waals surface area contributed by atoms with Gasteiger partial charge in [0.05, 0.1) is 11.5 Å². The Kier molecular flexibility index (Phi) is 5.85. The van der Waals surface area contributed by atoms with Crippen LogP contribution in [0.4, 0.5) is 0 Å². The highest BCUT2D eigenvalue weighted by molar-refractivity contribution is 7.91. The summed E-state index contributed by atoms with van der Waals surface area (Å²) >= 11 is 0. The molecule has 6 heteroatoms. The highest BCUT2D eigenvalue weighted by Gasteiger charge is 2.27. The number of nitrogens with one attached hydrogen (secondary N) is 1. The SMILES string of the molecule is O=C(CCCCCn1cccc1)NCC1CCS(=O)(=O)C1. The molecule has 0 aliphatic carbocycles. The number of sulfone groups is 1. The predicted molar refractivity (Wildman–Crippen MR) is 82.7 cm³/mol. The molecule has 1 aromatic heterocycles. The van der Waals surface area contributed by atoms with Crippen molar-refractivity contribution in [3.63, 3.8) is 0 Å². The number of carbonyl (C=O) groups is 1. The van der Waals surface area contributed by atoms with E-state index in [9.17, 15) is 13.2 Å². The molecule has 0 spiro atoms. The van der Waals surface area contributed by atoms with Gasteiger partial charge in [0.1, 0.15) is 0 Å². The standard InChI is InChI=1S/C15H24N2O3S/c18-15(16-12-14-7-11-21(19,20)13-14)6-2-1-3-8-17-9-4-5-10-17/h4-5,9-10,14H,1-3,6-8,11-13H2,(H,16,18). The topological polar surface area (TPSA) is 68.2 Å². The van der Waals surface area contributed by atoms with Gasteiger partial charge < -0.3 is 9.88 Å². The average Bonchev–Trinajstić information content (AvgIpc) is 3.05. The molecule has 1 atom stereocenters. The Morgan fingerprint density at radius 2 is 1.95 bits per heavy atom. The fraction of sp³-hybridized carbons (Fsp3) is 0.667. The number of aryl methyl sites for hydroxylation is 1. The fourth-order valence-corrected chi connectivity index (χ4v) is 4.52. The number of nitrogens with zero attached hydrogens (tertiary/aromatic N) is 1. The molecular weight excluding hydrogens is 288 g/mol. The second-order valence-electron chi connectivity index (χ2n) is 5.80. The van der Waals surface area contributed by atoms with Gasteiger partial charge in [-0.15, -0.1) is 0 Å². The first-order valence-electron chi connectivity index (χ1n) is 7.63. The Hall–Kier alpha value is -1.30. The van der Waals surface area contributed by atoms with E-state index < -0.39 is 9.84 Å². The Bertz CT molecular complexity index is 537. The Balaban J connectivity index is 1.50. The van der Waals surface area contributed by atoms with Crippen LogP contribution in [0.25, 0.3) is 0 Å². The van der Waals surface area contributed by atoms with Crippen LogP contribution in [0.3, 0.4) is 0 Å². The third kappa shape index (κ3) is 5.91. The van der Waals surface area contributed by atoms with Gasteiger partial charge in [-0.05, 0) is 37.3 Å². The Morgan fingerprint density at radius 3 is 2.62 bits per heavy atom. The lowest BCUT2D eigenvalue weighted by Gasteiger charge is -2.09. The molecule has 1 aliphatic rings. The maximum atomic E-state index is 11.7. The number of aromatic nitrogens is 1. The summed E-state index contributed by atoms with van der Waals surface area (Å²) in [6.45, 7) is 1.50. The van der Waals surface area contributed by atoms with Crippen molar-refractivity contribution in [1.29, 1.82) is 0 Å². The minimum Gasteiger partial charge on any atom is -0.356 e. The second-order valence-corrected chi connectivity index (χ2v) is 8.03. The van der Waals surface area contributed by atoms with Gasteiger partial charge in [-0.25, -0.2) is 8.42 Å². The molecule has 1 unspecified atom stereocenters. The van der Waals surface area contributed by atoms with E-state index in [0.29, 0.717) is 19.4 Å². The summed E-state index contributed by atoms with van der Waals surface area (Å²) in [6, 6.07) is 4.02. The molecule has 0 aromatic carbocycles. The van der Waals surface area contributed by atoms with Crippen molar-refractivity contribution in [3.05, 3.63) is 24.5 Å². The lowest BCUT2D eigenvalue weighted by molar-refractivity contribution is -0.121. The van der Waals surface area contributed by atoms with E-state index in [1.807, 2.05) is 24.5 Å². The first-order chi connectivity index (χ1) is 10.1. The summed E-state index contributed by atoms with van der Waals surface area (Å²) < 4.78 is 24.8. The normalized spacial score (nSPS) is 20.5. The summed E-state index contributed by atoms with van der Waals surface area (Å²) in [6.07, 6.45) is 8.29. The van der Waals surface area contributed by atoms with Gasteiger partial charge in [-0.2, -0.15) is 0 Å². The first-order valence-corrected chi connectivity index (χ1v) is 9.45. The van der Waals surface area contributed by atoms with Gasteiger partial charge >= 0.3 is 0 Å².